The van der Waals surface area contributed by atoms with Crippen molar-refractivity contribution in [2.45, 2.75) is 25.5 Å². The Kier molecular flexibility index (Phi) is 6.37. The van der Waals surface area contributed by atoms with Gasteiger partial charge in [-0.15, -0.1) is 0 Å². The van der Waals surface area contributed by atoms with Crippen LogP contribution in [0.1, 0.15) is 44.6 Å². The van der Waals surface area contributed by atoms with Gasteiger partial charge in [0.05, 0.1) is 18.6 Å². The largest absolute Gasteiger partial charge is 0.508 e. The van der Waals surface area contributed by atoms with Crippen LogP contribution in [0, 0.1) is 6.92 Å². The zero-order valence-electron chi connectivity index (χ0n) is 17.1. The number of halogens is 2. The standard InChI is InChI=1S/C24H20Cl2N2O4/c1-13-3-2-4-14(9-13)12-32-28-24(31)21-19-11-16(29)6-8-17(19)23(30)27-22(21)18-7-5-15(25)10-20(18)26/h2-11,21-22,29H,12H2,1H3,(H,27,30)(H,28,31)/t21-,22+/m1/s1. The molecule has 0 saturated heterocycles. The molecule has 6 nitrogen and oxygen atoms in total. The van der Waals surface area contributed by atoms with Crippen molar-refractivity contribution < 1.29 is 19.5 Å². The maximum atomic E-state index is 13.3. The monoisotopic (exact) mass is 470 g/mol. The molecular weight excluding hydrogens is 451 g/mol. The second-order valence-corrected chi connectivity index (χ2v) is 8.45. The first-order chi connectivity index (χ1) is 15.3. The summed E-state index contributed by atoms with van der Waals surface area (Å²) in [5.41, 5.74) is 5.66. The number of fused-ring (bicyclic) bond motifs is 1. The predicted molar refractivity (Wildman–Crippen MR) is 122 cm³/mol. The van der Waals surface area contributed by atoms with Gasteiger partial charge in [-0.25, -0.2) is 5.48 Å². The van der Waals surface area contributed by atoms with Crippen molar-refractivity contribution in [1.29, 1.82) is 0 Å². The maximum Gasteiger partial charge on any atom is 0.253 e. The molecule has 0 aromatic heterocycles. The Morgan fingerprint density at radius 2 is 1.91 bits per heavy atom. The molecule has 1 aliphatic heterocycles. The average molecular weight is 471 g/mol. The predicted octanol–water partition coefficient (Wildman–Crippen LogP) is 4.82. The Morgan fingerprint density at radius 3 is 2.66 bits per heavy atom. The summed E-state index contributed by atoms with van der Waals surface area (Å²) in [5.74, 6) is -1.81. The number of nitrogens with one attached hydrogen (secondary N) is 2. The number of hydrogen-bond donors (Lipinski definition) is 3. The fraction of sp³-hybridized carbons (Fsp3) is 0.167. The molecule has 3 aromatic rings. The van der Waals surface area contributed by atoms with Gasteiger partial charge in [-0.2, -0.15) is 0 Å². The molecule has 0 radical (unpaired) electrons. The van der Waals surface area contributed by atoms with E-state index in [0.717, 1.165) is 11.1 Å². The van der Waals surface area contributed by atoms with Crippen molar-refractivity contribution in [1.82, 2.24) is 10.8 Å². The number of carbonyl (C=O) groups is 2. The molecule has 4 rings (SSSR count). The lowest BCUT2D eigenvalue weighted by atomic mass is 9.80. The molecule has 3 N–H and O–H groups in total. The van der Waals surface area contributed by atoms with Gasteiger partial charge in [-0.05, 0) is 53.9 Å². The molecule has 2 amide bonds. The topological polar surface area (TPSA) is 87.7 Å². The molecule has 32 heavy (non-hydrogen) atoms. The van der Waals surface area contributed by atoms with E-state index < -0.39 is 17.9 Å². The summed E-state index contributed by atoms with van der Waals surface area (Å²) in [6, 6.07) is 16.1. The van der Waals surface area contributed by atoms with Gasteiger partial charge >= 0.3 is 0 Å². The van der Waals surface area contributed by atoms with Crippen molar-refractivity contribution in [3.63, 3.8) is 0 Å². The van der Waals surface area contributed by atoms with Gasteiger partial charge in [0.1, 0.15) is 5.75 Å². The molecule has 1 aliphatic rings. The number of hydrogen-bond acceptors (Lipinski definition) is 4. The van der Waals surface area contributed by atoms with Gasteiger partial charge in [0.25, 0.3) is 11.8 Å². The second kappa shape index (κ2) is 9.20. The van der Waals surface area contributed by atoms with Gasteiger partial charge < -0.3 is 10.4 Å². The first kappa shape index (κ1) is 22.1. The molecule has 0 spiro atoms. The Morgan fingerprint density at radius 1 is 1.09 bits per heavy atom. The number of phenolic OH excluding ortho intramolecular Hbond substituents is 1. The SMILES string of the molecule is Cc1cccc(CONC(=O)[C@@H]2c3cc(O)ccc3C(=O)N[C@H]2c2ccc(Cl)cc2Cl)c1. The number of aryl methyl sites for hydroxylation is 1. The van der Waals surface area contributed by atoms with Gasteiger partial charge in [0, 0.05) is 15.6 Å². The van der Waals surface area contributed by atoms with E-state index in [0.29, 0.717) is 26.7 Å². The van der Waals surface area contributed by atoms with E-state index in [4.69, 9.17) is 28.0 Å². The molecule has 0 saturated carbocycles. The zero-order chi connectivity index (χ0) is 22.8. The average Bonchev–Trinajstić information content (AvgIpc) is 2.73. The highest BCUT2D eigenvalue weighted by Crippen LogP contribution is 2.41. The van der Waals surface area contributed by atoms with Crippen LogP contribution in [0.5, 0.6) is 5.75 Å². The number of phenols is 1. The third-order valence-corrected chi connectivity index (χ3v) is 5.87. The number of carbonyl (C=O) groups excluding carboxylic acids is 2. The van der Waals surface area contributed by atoms with Crippen LogP contribution >= 0.6 is 23.2 Å². The van der Waals surface area contributed by atoms with Crippen molar-refractivity contribution >= 4 is 35.0 Å². The Labute approximate surface area is 195 Å². The molecule has 1 heterocycles. The van der Waals surface area contributed by atoms with Crippen molar-refractivity contribution in [3.8, 4) is 5.75 Å². The van der Waals surface area contributed by atoms with E-state index in [-0.39, 0.29) is 18.3 Å². The summed E-state index contributed by atoms with van der Waals surface area (Å²) in [5, 5.41) is 13.6. The van der Waals surface area contributed by atoms with Gasteiger partial charge in [0.2, 0.25) is 0 Å². The van der Waals surface area contributed by atoms with Crippen molar-refractivity contribution in [3.05, 3.63) is 98.5 Å². The van der Waals surface area contributed by atoms with Gasteiger partial charge in [-0.1, -0.05) is 59.1 Å². The molecule has 2 atom stereocenters. The first-order valence-electron chi connectivity index (χ1n) is 9.89. The summed E-state index contributed by atoms with van der Waals surface area (Å²) >= 11 is 12.4. The van der Waals surface area contributed by atoms with Crippen LogP contribution < -0.4 is 10.8 Å². The van der Waals surface area contributed by atoms with E-state index >= 15 is 0 Å². The minimum absolute atomic E-state index is 0.0575. The quantitative estimate of drug-likeness (QED) is 0.466. The van der Waals surface area contributed by atoms with Crippen LogP contribution in [-0.4, -0.2) is 16.9 Å². The highest BCUT2D eigenvalue weighted by molar-refractivity contribution is 6.35. The smallest absolute Gasteiger partial charge is 0.253 e. The summed E-state index contributed by atoms with van der Waals surface area (Å²) < 4.78 is 0. The highest BCUT2D eigenvalue weighted by Gasteiger charge is 2.40. The Balaban J connectivity index is 1.65. The molecule has 8 heteroatoms. The summed E-state index contributed by atoms with van der Waals surface area (Å²) in [6.45, 7) is 2.14. The second-order valence-electron chi connectivity index (χ2n) is 7.61. The van der Waals surface area contributed by atoms with E-state index in [9.17, 15) is 14.7 Å². The number of aromatic hydroxyl groups is 1. The fourth-order valence-electron chi connectivity index (χ4n) is 3.86. The zero-order valence-corrected chi connectivity index (χ0v) is 18.6. The number of hydroxylamine groups is 1. The lowest BCUT2D eigenvalue weighted by Gasteiger charge is -2.34. The molecule has 3 aromatic carbocycles. The highest BCUT2D eigenvalue weighted by atomic mass is 35.5. The third-order valence-electron chi connectivity index (χ3n) is 5.31. The minimum Gasteiger partial charge on any atom is -0.508 e. The third kappa shape index (κ3) is 4.58. The lowest BCUT2D eigenvalue weighted by Crippen LogP contribution is -2.44. The van der Waals surface area contributed by atoms with Crippen LogP contribution in [0.25, 0.3) is 0 Å². The van der Waals surface area contributed by atoms with E-state index in [1.807, 2.05) is 31.2 Å². The molecular formula is C24H20Cl2N2O4. The molecule has 0 unspecified atom stereocenters. The summed E-state index contributed by atoms with van der Waals surface area (Å²) in [6.07, 6.45) is 0. The molecule has 0 aliphatic carbocycles. The van der Waals surface area contributed by atoms with Crippen LogP contribution in [-0.2, 0) is 16.2 Å². The normalized spacial score (nSPS) is 17.4. The first-order valence-corrected chi connectivity index (χ1v) is 10.6. The number of amides is 2. The van der Waals surface area contributed by atoms with E-state index in [2.05, 4.69) is 10.8 Å². The van der Waals surface area contributed by atoms with Crippen molar-refractivity contribution in [2.24, 2.45) is 0 Å². The van der Waals surface area contributed by atoms with Crippen molar-refractivity contribution in [2.75, 3.05) is 0 Å². The number of rotatable bonds is 5. The fourth-order valence-corrected chi connectivity index (χ4v) is 4.38. The van der Waals surface area contributed by atoms with Crippen LogP contribution in [0.2, 0.25) is 10.0 Å². The van der Waals surface area contributed by atoms with Crippen LogP contribution in [0.15, 0.2) is 60.7 Å². The molecule has 0 bridgehead atoms. The molecule has 0 fully saturated rings. The van der Waals surface area contributed by atoms with E-state index in [1.165, 1.54) is 18.2 Å². The summed E-state index contributed by atoms with van der Waals surface area (Å²) in [4.78, 5) is 31.5. The van der Waals surface area contributed by atoms with Crippen LogP contribution in [0.3, 0.4) is 0 Å². The Hall–Kier alpha value is -3.06. The van der Waals surface area contributed by atoms with Gasteiger partial charge in [-0.3, -0.25) is 14.4 Å². The lowest BCUT2D eigenvalue weighted by molar-refractivity contribution is -0.137. The molecule has 164 valence electrons. The number of benzene rings is 3. The Bertz CT molecular complexity index is 1200. The summed E-state index contributed by atoms with van der Waals surface area (Å²) in [7, 11) is 0. The maximum absolute atomic E-state index is 13.3. The minimum atomic E-state index is -0.897. The van der Waals surface area contributed by atoms with E-state index in [1.54, 1.807) is 18.2 Å². The van der Waals surface area contributed by atoms with Crippen LogP contribution in [0.4, 0.5) is 0 Å². The van der Waals surface area contributed by atoms with Gasteiger partial charge in [0.15, 0.2) is 0 Å².